The summed E-state index contributed by atoms with van der Waals surface area (Å²) in [5.41, 5.74) is 5.09. The van der Waals surface area contributed by atoms with Crippen LogP contribution in [0.1, 0.15) is 58.0 Å². The molecule has 3 aromatic rings. The molecule has 6 heteroatoms. The summed E-state index contributed by atoms with van der Waals surface area (Å²) in [6, 6.07) is 5.45. The smallest absolute Gasteiger partial charge is 0.257 e. The molecular formula is C20H22N4OS. The summed E-state index contributed by atoms with van der Waals surface area (Å²) < 4.78 is 0. The van der Waals surface area contributed by atoms with Gasteiger partial charge in [-0.3, -0.25) is 10.1 Å². The number of nitrogens with one attached hydrogen (secondary N) is 1. The van der Waals surface area contributed by atoms with E-state index in [-0.39, 0.29) is 5.91 Å². The predicted molar refractivity (Wildman–Crippen MR) is 105 cm³/mol. The van der Waals surface area contributed by atoms with Crippen LogP contribution in [0.5, 0.6) is 0 Å². The van der Waals surface area contributed by atoms with Crippen LogP contribution >= 0.6 is 11.3 Å². The van der Waals surface area contributed by atoms with Gasteiger partial charge in [-0.2, -0.15) is 0 Å². The SMILES string of the molecule is Cc1nc2ccc(C(=O)Nc3nc4c(s3)CCCCCC4)cc2nc1C. The number of hydrogen-bond donors (Lipinski definition) is 1. The van der Waals surface area contributed by atoms with Crippen LogP contribution in [-0.4, -0.2) is 20.9 Å². The summed E-state index contributed by atoms with van der Waals surface area (Å²) in [5, 5.41) is 3.67. The van der Waals surface area contributed by atoms with Crippen LogP contribution in [0, 0.1) is 13.8 Å². The molecule has 0 unspecified atom stereocenters. The first kappa shape index (κ1) is 17.1. The van der Waals surface area contributed by atoms with Gasteiger partial charge in [0.05, 0.1) is 28.1 Å². The number of hydrogen-bond acceptors (Lipinski definition) is 5. The number of benzene rings is 1. The number of thiazole rings is 1. The fourth-order valence-electron chi connectivity index (χ4n) is 3.30. The number of aromatic nitrogens is 3. The first-order chi connectivity index (χ1) is 12.6. The van der Waals surface area contributed by atoms with Gasteiger partial charge < -0.3 is 0 Å². The maximum Gasteiger partial charge on any atom is 0.257 e. The van der Waals surface area contributed by atoms with Gasteiger partial charge in [0.25, 0.3) is 5.91 Å². The van der Waals surface area contributed by atoms with E-state index in [0.29, 0.717) is 10.7 Å². The minimum Gasteiger partial charge on any atom is -0.298 e. The predicted octanol–water partition coefficient (Wildman–Crippen LogP) is 4.61. The number of anilines is 1. The fourth-order valence-corrected chi connectivity index (χ4v) is 4.35. The second-order valence-electron chi connectivity index (χ2n) is 6.86. The van der Waals surface area contributed by atoms with Crippen LogP contribution in [0.3, 0.4) is 0 Å². The van der Waals surface area contributed by atoms with Gasteiger partial charge in [-0.25, -0.2) is 15.0 Å². The molecular weight excluding hydrogens is 344 g/mol. The molecule has 0 saturated carbocycles. The van der Waals surface area contributed by atoms with Crippen LogP contribution in [-0.2, 0) is 12.8 Å². The maximum absolute atomic E-state index is 12.7. The van der Waals surface area contributed by atoms with Crippen molar-refractivity contribution in [3.8, 4) is 0 Å². The summed E-state index contributed by atoms with van der Waals surface area (Å²) in [7, 11) is 0. The summed E-state index contributed by atoms with van der Waals surface area (Å²) in [4.78, 5) is 27.7. The Labute approximate surface area is 156 Å². The van der Waals surface area contributed by atoms with Gasteiger partial charge in [-0.1, -0.05) is 12.8 Å². The highest BCUT2D eigenvalue weighted by Gasteiger charge is 2.16. The van der Waals surface area contributed by atoms with Crippen molar-refractivity contribution in [2.24, 2.45) is 0 Å². The quantitative estimate of drug-likeness (QED) is 0.719. The Balaban J connectivity index is 1.57. The highest BCUT2D eigenvalue weighted by Crippen LogP contribution is 2.29. The fraction of sp³-hybridized carbons (Fsp3) is 0.400. The molecule has 0 fully saturated rings. The Kier molecular flexibility index (Phi) is 4.68. The first-order valence-corrected chi connectivity index (χ1v) is 9.97. The molecule has 0 radical (unpaired) electrons. The summed E-state index contributed by atoms with van der Waals surface area (Å²) in [6.07, 6.45) is 7.06. The molecule has 2 heterocycles. The van der Waals surface area contributed by atoms with Crippen molar-refractivity contribution in [2.75, 3.05) is 5.32 Å². The third-order valence-corrected chi connectivity index (χ3v) is 5.98. The van der Waals surface area contributed by atoms with Crippen molar-refractivity contribution in [3.05, 3.63) is 45.7 Å². The molecule has 0 atom stereocenters. The summed E-state index contributed by atoms with van der Waals surface area (Å²) >= 11 is 1.62. The monoisotopic (exact) mass is 366 g/mol. The first-order valence-electron chi connectivity index (χ1n) is 9.15. The molecule has 2 aromatic heterocycles. The van der Waals surface area contributed by atoms with Crippen LogP contribution < -0.4 is 5.32 Å². The molecule has 1 amide bonds. The number of amides is 1. The number of carbonyl (C=O) groups excluding carboxylic acids is 1. The van der Waals surface area contributed by atoms with Crippen molar-refractivity contribution in [1.29, 1.82) is 0 Å². The summed E-state index contributed by atoms with van der Waals surface area (Å²) in [5.74, 6) is -0.145. The Hall–Kier alpha value is -2.34. The maximum atomic E-state index is 12.7. The zero-order valence-corrected chi connectivity index (χ0v) is 15.9. The minimum atomic E-state index is -0.145. The molecule has 4 rings (SSSR count). The second-order valence-corrected chi connectivity index (χ2v) is 7.94. The van der Waals surface area contributed by atoms with E-state index < -0.39 is 0 Å². The topological polar surface area (TPSA) is 67.8 Å². The van der Waals surface area contributed by atoms with Crippen LogP contribution in [0.15, 0.2) is 18.2 Å². The summed E-state index contributed by atoms with van der Waals surface area (Å²) in [6.45, 7) is 3.87. The Bertz CT molecular complexity index is 954. The van der Waals surface area contributed by atoms with Crippen molar-refractivity contribution in [1.82, 2.24) is 15.0 Å². The van der Waals surface area contributed by atoms with Crippen molar-refractivity contribution in [2.45, 2.75) is 52.4 Å². The third-order valence-electron chi connectivity index (χ3n) is 4.90. The standard InChI is InChI=1S/C20H22N4OS/c1-12-13(2)22-17-11-14(9-10-15(17)21-12)19(25)24-20-23-16-7-5-3-4-6-8-18(16)26-20/h9-11H,3-8H2,1-2H3,(H,23,24,25). The van der Waals surface area contributed by atoms with E-state index in [2.05, 4.69) is 20.3 Å². The van der Waals surface area contributed by atoms with Crippen molar-refractivity contribution in [3.63, 3.8) is 0 Å². The largest absolute Gasteiger partial charge is 0.298 e. The highest BCUT2D eigenvalue weighted by atomic mass is 32.1. The molecule has 0 saturated heterocycles. The van der Waals surface area contributed by atoms with Crippen molar-refractivity contribution >= 4 is 33.4 Å². The van der Waals surface area contributed by atoms with E-state index in [1.165, 1.54) is 36.3 Å². The molecule has 134 valence electrons. The lowest BCUT2D eigenvalue weighted by Crippen LogP contribution is -2.12. The number of carbonyl (C=O) groups is 1. The van der Waals surface area contributed by atoms with Gasteiger partial charge in [0, 0.05) is 10.4 Å². The van der Waals surface area contributed by atoms with E-state index in [4.69, 9.17) is 0 Å². The van der Waals surface area contributed by atoms with Crippen LogP contribution in [0.4, 0.5) is 5.13 Å². The molecule has 1 aliphatic rings. The Morgan fingerprint density at radius 2 is 1.69 bits per heavy atom. The second kappa shape index (κ2) is 7.11. The van der Waals surface area contributed by atoms with E-state index in [0.717, 1.165) is 35.3 Å². The third kappa shape index (κ3) is 3.46. The molecule has 5 nitrogen and oxygen atoms in total. The lowest BCUT2D eigenvalue weighted by molar-refractivity contribution is 0.102. The number of fused-ring (bicyclic) bond motifs is 2. The Morgan fingerprint density at radius 3 is 2.50 bits per heavy atom. The zero-order valence-electron chi connectivity index (χ0n) is 15.1. The van der Waals surface area contributed by atoms with E-state index in [1.807, 2.05) is 19.9 Å². The molecule has 26 heavy (non-hydrogen) atoms. The van der Waals surface area contributed by atoms with E-state index in [9.17, 15) is 4.79 Å². The van der Waals surface area contributed by atoms with Gasteiger partial charge in [-0.05, 0) is 57.7 Å². The van der Waals surface area contributed by atoms with Gasteiger partial charge >= 0.3 is 0 Å². The number of nitrogens with zero attached hydrogens (tertiary/aromatic N) is 3. The number of aryl methyl sites for hydroxylation is 4. The molecule has 1 N–H and O–H groups in total. The molecule has 0 bridgehead atoms. The molecule has 0 spiro atoms. The van der Waals surface area contributed by atoms with Gasteiger partial charge in [-0.15, -0.1) is 11.3 Å². The Morgan fingerprint density at radius 1 is 0.962 bits per heavy atom. The molecule has 1 aromatic carbocycles. The van der Waals surface area contributed by atoms with Gasteiger partial charge in [0.15, 0.2) is 5.13 Å². The number of rotatable bonds is 2. The average Bonchev–Trinajstić information content (AvgIpc) is 2.96. The van der Waals surface area contributed by atoms with Crippen LogP contribution in [0.25, 0.3) is 11.0 Å². The molecule has 1 aliphatic carbocycles. The minimum absolute atomic E-state index is 0.145. The van der Waals surface area contributed by atoms with E-state index >= 15 is 0 Å². The normalized spacial score (nSPS) is 14.5. The van der Waals surface area contributed by atoms with Crippen molar-refractivity contribution < 1.29 is 4.79 Å². The lowest BCUT2D eigenvalue weighted by atomic mass is 10.0. The average molecular weight is 366 g/mol. The van der Waals surface area contributed by atoms with E-state index in [1.54, 1.807) is 23.5 Å². The highest BCUT2D eigenvalue weighted by molar-refractivity contribution is 7.15. The van der Waals surface area contributed by atoms with Crippen LogP contribution in [0.2, 0.25) is 0 Å². The van der Waals surface area contributed by atoms with Gasteiger partial charge in [0.2, 0.25) is 0 Å². The molecule has 0 aliphatic heterocycles. The zero-order chi connectivity index (χ0) is 18.1. The lowest BCUT2D eigenvalue weighted by Gasteiger charge is -2.06. The van der Waals surface area contributed by atoms with Gasteiger partial charge in [0.1, 0.15) is 0 Å².